The second-order valence-electron chi connectivity index (χ2n) is 11.1. The maximum Gasteiger partial charge on any atom is 0.475 e. The Balaban J connectivity index is 1.42. The lowest BCUT2D eigenvalue weighted by molar-refractivity contribution is -0.132. The van der Waals surface area contributed by atoms with Crippen molar-refractivity contribution in [2.45, 2.75) is 69.0 Å². The summed E-state index contributed by atoms with van der Waals surface area (Å²) in [5, 5.41) is 31.9. The lowest BCUT2D eigenvalue weighted by Crippen LogP contribution is -2.52. The molecule has 1 aromatic rings. The smallest absolute Gasteiger partial charge is 0.447 e. The second kappa shape index (κ2) is 12.0. The maximum absolute atomic E-state index is 13.7. The fourth-order valence-corrected chi connectivity index (χ4v) is 5.98. The number of fused-ring (bicyclic) bond motifs is 2. The largest absolute Gasteiger partial charge is 0.475 e. The molecule has 0 saturated carbocycles. The van der Waals surface area contributed by atoms with Gasteiger partial charge in [-0.1, -0.05) is 12.1 Å². The van der Waals surface area contributed by atoms with E-state index in [0.29, 0.717) is 44.7 Å². The van der Waals surface area contributed by atoms with Gasteiger partial charge in [0.25, 0.3) is 5.91 Å². The molecule has 2 bridgehead atoms. The number of ether oxygens (including phenoxy) is 2. The molecule has 1 atom stereocenters. The summed E-state index contributed by atoms with van der Waals surface area (Å²) in [5.74, 6) is -1.85. The van der Waals surface area contributed by atoms with Crippen LogP contribution in [0.1, 0.15) is 45.1 Å². The highest BCUT2D eigenvalue weighted by molar-refractivity contribution is 6.43. The van der Waals surface area contributed by atoms with Crippen LogP contribution in [0.5, 0.6) is 0 Å². The molecule has 0 radical (unpaired) electrons. The highest BCUT2D eigenvalue weighted by atomic mass is 19.1. The SMILES string of the molecule is CC(C)(/C=C(\C#N)C(=O)N1C2CCC1(COC(=O)N[C@@H](Cc1ccc(F)cc1)B(O)O)CC2)N1CCOCC1. The average molecular weight is 542 g/mol. The lowest BCUT2D eigenvalue weighted by Gasteiger charge is -2.39. The van der Waals surface area contributed by atoms with Crippen molar-refractivity contribution in [3.63, 3.8) is 0 Å². The van der Waals surface area contributed by atoms with Crippen molar-refractivity contribution >= 4 is 19.1 Å². The number of morpholine rings is 1. The predicted molar refractivity (Wildman–Crippen MR) is 141 cm³/mol. The van der Waals surface area contributed by atoms with Crippen LogP contribution < -0.4 is 5.32 Å². The first kappa shape index (κ1) is 29.0. The number of rotatable bonds is 9. The van der Waals surface area contributed by atoms with E-state index in [-0.39, 0.29) is 30.5 Å². The van der Waals surface area contributed by atoms with Crippen LogP contribution in [0.25, 0.3) is 0 Å². The van der Waals surface area contributed by atoms with Crippen molar-refractivity contribution < 1.29 is 33.5 Å². The molecule has 12 heteroatoms. The Kier molecular flexibility index (Phi) is 8.96. The number of amides is 2. The number of nitrogens with one attached hydrogen (secondary N) is 1. The minimum atomic E-state index is -1.86. The fourth-order valence-electron chi connectivity index (χ4n) is 5.98. The van der Waals surface area contributed by atoms with Crippen LogP contribution >= 0.6 is 0 Å². The van der Waals surface area contributed by atoms with Gasteiger partial charge in [0.1, 0.15) is 24.1 Å². The first-order valence-corrected chi connectivity index (χ1v) is 13.4. The maximum atomic E-state index is 13.7. The van der Waals surface area contributed by atoms with Gasteiger partial charge in [-0.15, -0.1) is 0 Å². The molecule has 3 aliphatic rings. The molecule has 1 aromatic carbocycles. The van der Waals surface area contributed by atoms with Gasteiger partial charge in [0, 0.05) is 24.7 Å². The number of nitrogens with zero attached hydrogens (tertiary/aromatic N) is 3. The topological polar surface area (TPSA) is 135 Å². The van der Waals surface area contributed by atoms with Gasteiger partial charge in [0.05, 0.1) is 24.7 Å². The van der Waals surface area contributed by atoms with E-state index in [9.17, 15) is 29.3 Å². The molecule has 0 aromatic heterocycles. The normalized spacial score (nSPS) is 24.3. The Labute approximate surface area is 228 Å². The van der Waals surface area contributed by atoms with Gasteiger partial charge >= 0.3 is 13.2 Å². The number of benzene rings is 1. The van der Waals surface area contributed by atoms with E-state index < -0.39 is 36.0 Å². The Hall–Kier alpha value is -2.98. The third-order valence-electron chi connectivity index (χ3n) is 8.16. The number of hydrogen-bond acceptors (Lipinski definition) is 8. The fraction of sp³-hybridized carbons (Fsp3) is 0.593. The molecular weight excluding hydrogens is 506 g/mol. The van der Waals surface area contributed by atoms with E-state index in [0.717, 1.165) is 12.8 Å². The third kappa shape index (κ3) is 6.61. The van der Waals surface area contributed by atoms with E-state index in [1.54, 1.807) is 11.0 Å². The number of halogens is 1. The van der Waals surface area contributed by atoms with Gasteiger partial charge < -0.3 is 29.7 Å². The van der Waals surface area contributed by atoms with Crippen LogP contribution in [0.2, 0.25) is 0 Å². The Morgan fingerprint density at radius 2 is 1.92 bits per heavy atom. The quantitative estimate of drug-likeness (QED) is 0.243. The van der Waals surface area contributed by atoms with Crippen LogP contribution in [-0.2, 0) is 20.7 Å². The van der Waals surface area contributed by atoms with Gasteiger partial charge in [0.15, 0.2) is 0 Å². The molecule has 3 N–H and O–H groups in total. The summed E-state index contributed by atoms with van der Waals surface area (Å²) in [6.07, 6.45) is 3.73. The highest BCUT2D eigenvalue weighted by Gasteiger charge is 2.55. The zero-order chi connectivity index (χ0) is 28.2. The molecule has 210 valence electrons. The molecule has 3 fully saturated rings. The van der Waals surface area contributed by atoms with Crippen molar-refractivity contribution in [1.29, 1.82) is 5.26 Å². The minimum absolute atomic E-state index is 0.0297. The molecule has 0 aliphatic carbocycles. The molecule has 2 amide bonds. The lowest BCUT2D eigenvalue weighted by atomic mass is 9.76. The molecular formula is C27H36BFN4O6. The number of nitriles is 1. The minimum Gasteiger partial charge on any atom is -0.447 e. The summed E-state index contributed by atoms with van der Waals surface area (Å²) in [4.78, 5) is 30.3. The molecule has 39 heavy (non-hydrogen) atoms. The molecule has 0 spiro atoms. The average Bonchev–Trinajstić information content (AvgIpc) is 3.47. The second-order valence-corrected chi connectivity index (χ2v) is 11.1. The molecule has 4 rings (SSSR count). The number of hydrogen-bond donors (Lipinski definition) is 3. The van der Waals surface area contributed by atoms with E-state index >= 15 is 0 Å². The standard InChI is InChI=1S/C27H36BFN4O6/c1-26(2,32-11-13-38-14-12-32)16-20(17-30)24(34)33-22-7-9-27(33,10-8-22)18-39-25(35)31-23(28(36)37)15-19-3-5-21(29)6-4-19/h3-6,16,22-23,36-37H,7-15,18H2,1-2H3,(H,31,35)/b20-16+/t22?,23-,27?/m0/s1. The van der Waals surface area contributed by atoms with Crippen molar-refractivity contribution in [3.05, 3.63) is 47.3 Å². The summed E-state index contributed by atoms with van der Waals surface area (Å²) in [5.41, 5.74) is -0.563. The number of alkyl carbamates (subject to hydrolysis) is 1. The van der Waals surface area contributed by atoms with Crippen molar-refractivity contribution in [2.75, 3.05) is 32.9 Å². The number of carbonyl (C=O) groups is 2. The van der Waals surface area contributed by atoms with E-state index in [2.05, 4.69) is 16.3 Å². The summed E-state index contributed by atoms with van der Waals surface area (Å²) in [6, 6.07) is 7.57. The Bertz CT molecular complexity index is 1110. The summed E-state index contributed by atoms with van der Waals surface area (Å²) in [6.45, 7) is 6.49. The van der Waals surface area contributed by atoms with E-state index in [1.165, 1.54) is 24.3 Å². The van der Waals surface area contributed by atoms with Crippen LogP contribution in [-0.4, -0.2) is 94.9 Å². The van der Waals surface area contributed by atoms with Gasteiger partial charge in [-0.05, 0) is 69.7 Å². The van der Waals surface area contributed by atoms with Crippen molar-refractivity contribution in [2.24, 2.45) is 0 Å². The van der Waals surface area contributed by atoms with Gasteiger partial charge in [-0.25, -0.2) is 9.18 Å². The first-order chi connectivity index (χ1) is 18.5. The first-order valence-electron chi connectivity index (χ1n) is 13.4. The summed E-state index contributed by atoms with van der Waals surface area (Å²) in [7, 11) is -1.86. The van der Waals surface area contributed by atoms with Crippen LogP contribution in [0, 0.1) is 17.1 Å². The van der Waals surface area contributed by atoms with Gasteiger partial charge in [-0.2, -0.15) is 5.26 Å². The summed E-state index contributed by atoms with van der Waals surface area (Å²) < 4.78 is 24.2. The Morgan fingerprint density at radius 1 is 1.28 bits per heavy atom. The van der Waals surface area contributed by atoms with Crippen LogP contribution in [0.4, 0.5) is 9.18 Å². The molecule has 0 unspecified atom stereocenters. The zero-order valence-electron chi connectivity index (χ0n) is 22.4. The molecule has 3 saturated heterocycles. The highest BCUT2D eigenvalue weighted by Crippen LogP contribution is 2.47. The molecule has 3 aliphatic heterocycles. The van der Waals surface area contributed by atoms with Crippen LogP contribution in [0.3, 0.4) is 0 Å². The third-order valence-corrected chi connectivity index (χ3v) is 8.16. The molecule has 10 nitrogen and oxygen atoms in total. The zero-order valence-corrected chi connectivity index (χ0v) is 22.4. The van der Waals surface area contributed by atoms with Gasteiger partial charge in [-0.3, -0.25) is 9.69 Å². The predicted octanol–water partition coefficient (Wildman–Crippen LogP) is 1.56. The van der Waals surface area contributed by atoms with Crippen molar-refractivity contribution in [3.8, 4) is 6.07 Å². The van der Waals surface area contributed by atoms with Crippen LogP contribution in [0.15, 0.2) is 35.9 Å². The van der Waals surface area contributed by atoms with Crippen molar-refractivity contribution in [1.82, 2.24) is 15.1 Å². The molecule has 3 heterocycles. The summed E-state index contributed by atoms with van der Waals surface area (Å²) >= 11 is 0. The van der Waals surface area contributed by atoms with E-state index in [4.69, 9.17) is 9.47 Å². The monoisotopic (exact) mass is 542 g/mol. The van der Waals surface area contributed by atoms with E-state index in [1.807, 2.05) is 13.8 Å². The van der Waals surface area contributed by atoms with Gasteiger partial charge in [0.2, 0.25) is 0 Å². The number of carbonyl (C=O) groups excluding carboxylic acids is 2. The Morgan fingerprint density at radius 3 is 2.51 bits per heavy atom.